The summed E-state index contributed by atoms with van der Waals surface area (Å²) in [6, 6.07) is 6.34. The summed E-state index contributed by atoms with van der Waals surface area (Å²) in [5.41, 5.74) is 8.38. The predicted molar refractivity (Wildman–Crippen MR) is 80.9 cm³/mol. The van der Waals surface area contributed by atoms with Gasteiger partial charge in [-0.2, -0.15) is 0 Å². The topological polar surface area (TPSA) is 47.7 Å². The molecular formula is C16H26N2O2. The van der Waals surface area contributed by atoms with Crippen molar-refractivity contribution in [2.24, 2.45) is 5.73 Å². The SMILES string of the molecule is CCOc1ccc(C(C)N)cc1CN1CCCOCC1. The average Bonchev–Trinajstić information content (AvgIpc) is 2.69. The summed E-state index contributed by atoms with van der Waals surface area (Å²) in [6.07, 6.45) is 1.09. The molecule has 0 saturated carbocycles. The molecule has 20 heavy (non-hydrogen) atoms. The minimum atomic E-state index is 0.0527. The van der Waals surface area contributed by atoms with E-state index in [1.807, 2.05) is 19.9 Å². The largest absolute Gasteiger partial charge is 0.494 e. The molecule has 1 heterocycles. The first-order valence-electron chi connectivity index (χ1n) is 7.52. The monoisotopic (exact) mass is 278 g/mol. The summed E-state index contributed by atoms with van der Waals surface area (Å²) in [5, 5.41) is 0. The van der Waals surface area contributed by atoms with Crippen LogP contribution in [0.2, 0.25) is 0 Å². The maximum atomic E-state index is 5.99. The van der Waals surface area contributed by atoms with Gasteiger partial charge in [0.25, 0.3) is 0 Å². The van der Waals surface area contributed by atoms with Crippen LogP contribution in [0, 0.1) is 0 Å². The van der Waals surface area contributed by atoms with Crippen molar-refractivity contribution in [3.8, 4) is 5.75 Å². The third-order valence-corrected chi connectivity index (χ3v) is 3.62. The Morgan fingerprint density at radius 2 is 2.20 bits per heavy atom. The minimum absolute atomic E-state index is 0.0527. The number of nitrogens with two attached hydrogens (primary N) is 1. The second-order valence-corrected chi connectivity index (χ2v) is 5.33. The molecule has 1 fully saturated rings. The Morgan fingerprint density at radius 1 is 1.35 bits per heavy atom. The summed E-state index contributed by atoms with van der Waals surface area (Å²) < 4.78 is 11.3. The van der Waals surface area contributed by atoms with E-state index in [9.17, 15) is 0 Å². The fourth-order valence-electron chi connectivity index (χ4n) is 2.50. The van der Waals surface area contributed by atoms with Gasteiger partial charge in [-0.3, -0.25) is 4.90 Å². The van der Waals surface area contributed by atoms with Crippen molar-refractivity contribution in [3.05, 3.63) is 29.3 Å². The summed E-state index contributed by atoms with van der Waals surface area (Å²) in [7, 11) is 0. The molecule has 1 aliphatic rings. The molecular weight excluding hydrogens is 252 g/mol. The molecule has 1 unspecified atom stereocenters. The van der Waals surface area contributed by atoms with Crippen LogP contribution in [0.5, 0.6) is 5.75 Å². The molecule has 1 aromatic rings. The van der Waals surface area contributed by atoms with Crippen molar-refractivity contribution in [2.45, 2.75) is 32.9 Å². The van der Waals surface area contributed by atoms with Gasteiger partial charge in [0.2, 0.25) is 0 Å². The van der Waals surface area contributed by atoms with Gasteiger partial charge in [-0.05, 0) is 38.0 Å². The maximum absolute atomic E-state index is 5.99. The van der Waals surface area contributed by atoms with E-state index in [0.717, 1.165) is 50.6 Å². The molecule has 4 heteroatoms. The van der Waals surface area contributed by atoms with Gasteiger partial charge in [0.05, 0.1) is 13.2 Å². The lowest BCUT2D eigenvalue weighted by Gasteiger charge is -2.22. The van der Waals surface area contributed by atoms with Crippen LogP contribution < -0.4 is 10.5 Å². The molecule has 0 aromatic heterocycles. The number of hydrogen-bond acceptors (Lipinski definition) is 4. The van der Waals surface area contributed by atoms with Gasteiger partial charge in [-0.25, -0.2) is 0 Å². The average molecular weight is 278 g/mol. The van der Waals surface area contributed by atoms with Crippen molar-refractivity contribution in [3.63, 3.8) is 0 Å². The zero-order valence-electron chi connectivity index (χ0n) is 12.6. The third-order valence-electron chi connectivity index (χ3n) is 3.62. The van der Waals surface area contributed by atoms with Gasteiger partial charge < -0.3 is 15.2 Å². The van der Waals surface area contributed by atoms with Gasteiger partial charge in [-0.1, -0.05) is 6.07 Å². The van der Waals surface area contributed by atoms with Gasteiger partial charge in [0.1, 0.15) is 5.75 Å². The standard InChI is InChI=1S/C16H26N2O2/c1-3-20-16-6-5-14(13(2)17)11-15(16)12-18-7-4-9-19-10-8-18/h5-6,11,13H,3-4,7-10,12,17H2,1-2H3. The molecule has 1 saturated heterocycles. The molecule has 1 aromatic carbocycles. The highest BCUT2D eigenvalue weighted by atomic mass is 16.5. The van der Waals surface area contributed by atoms with Crippen LogP contribution >= 0.6 is 0 Å². The highest BCUT2D eigenvalue weighted by Crippen LogP contribution is 2.24. The summed E-state index contributed by atoms with van der Waals surface area (Å²) >= 11 is 0. The molecule has 0 radical (unpaired) electrons. The first-order chi connectivity index (χ1) is 9.70. The second-order valence-electron chi connectivity index (χ2n) is 5.33. The lowest BCUT2D eigenvalue weighted by Crippen LogP contribution is -2.26. The fraction of sp³-hybridized carbons (Fsp3) is 0.625. The van der Waals surface area contributed by atoms with E-state index in [4.69, 9.17) is 15.2 Å². The van der Waals surface area contributed by atoms with Gasteiger partial charge in [0, 0.05) is 37.8 Å². The molecule has 1 atom stereocenters. The molecule has 2 N–H and O–H groups in total. The molecule has 0 aliphatic carbocycles. The van der Waals surface area contributed by atoms with E-state index in [1.165, 1.54) is 5.56 Å². The van der Waals surface area contributed by atoms with E-state index in [0.29, 0.717) is 6.61 Å². The first kappa shape index (κ1) is 15.3. The Morgan fingerprint density at radius 3 is 2.95 bits per heavy atom. The lowest BCUT2D eigenvalue weighted by molar-refractivity contribution is 0.140. The van der Waals surface area contributed by atoms with Crippen LogP contribution in [-0.2, 0) is 11.3 Å². The Hall–Kier alpha value is -1.10. The van der Waals surface area contributed by atoms with Crippen LogP contribution in [0.15, 0.2) is 18.2 Å². The minimum Gasteiger partial charge on any atom is -0.494 e. The smallest absolute Gasteiger partial charge is 0.123 e. The van der Waals surface area contributed by atoms with Crippen molar-refractivity contribution in [2.75, 3.05) is 32.9 Å². The van der Waals surface area contributed by atoms with Crippen LogP contribution in [0.4, 0.5) is 0 Å². The Bertz CT molecular complexity index is 413. The Balaban J connectivity index is 2.15. The Kier molecular flexibility index (Phi) is 5.83. The number of benzene rings is 1. The van der Waals surface area contributed by atoms with Crippen molar-refractivity contribution < 1.29 is 9.47 Å². The van der Waals surface area contributed by atoms with Crippen molar-refractivity contribution in [1.29, 1.82) is 0 Å². The summed E-state index contributed by atoms with van der Waals surface area (Å²) in [4.78, 5) is 2.43. The van der Waals surface area contributed by atoms with Gasteiger partial charge >= 0.3 is 0 Å². The molecule has 1 aliphatic heterocycles. The molecule has 112 valence electrons. The van der Waals surface area contributed by atoms with E-state index in [1.54, 1.807) is 0 Å². The van der Waals surface area contributed by atoms with Crippen LogP contribution in [0.25, 0.3) is 0 Å². The first-order valence-corrected chi connectivity index (χ1v) is 7.52. The summed E-state index contributed by atoms with van der Waals surface area (Å²) in [5.74, 6) is 0.974. The number of hydrogen-bond donors (Lipinski definition) is 1. The van der Waals surface area contributed by atoms with Gasteiger partial charge in [0.15, 0.2) is 0 Å². The maximum Gasteiger partial charge on any atom is 0.123 e. The summed E-state index contributed by atoms with van der Waals surface area (Å²) in [6.45, 7) is 9.36. The zero-order valence-corrected chi connectivity index (χ0v) is 12.6. The molecule has 0 amide bonds. The van der Waals surface area contributed by atoms with Gasteiger partial charge in [-0.15, -0.1) is 0 Å². The molecule has 2 rings (SSSR count). The lowest BCUT2D eigenvalue weighted by atomic mass is 10.0. The van der Waals surface area contributed by atoms with Crippen molar-refractivity contribution >= 4 is 0 Å². The molecule has 4 nitrogen and oxygen atoms in total. The highest BCUT2D eigenvalue weighted by molar-refractivity contribution is 5.38. The van der Waals surface area contributed by atoms with E-state index in [2.05, 4.69) is 17.0 Å². The highest BCUT2D eigenvalue weighted by Gasteiger charge is 2.14. The molecule has 0 bridgehead atoms. The predicted octanol–water partition coefficient (Wildman–Crippen LogP) is 2.33. The number of nitrogens with zero attached hydrogens (tertiary/aromatic N) is 1. The normalized spacial score (nSPS) is 18.6. The van der Waals surface area contributed by atoms with Crippen LogP contribution in [0.3, 0.4) is 0 Å². The van der Waals surface area contributed by atoms with E-state index >= 15 is 0 Å². The number of rotatable bonds is 5. The third kappa shape index (κ3) is 4.20. The fourth-order valence-corrected chi connectivity index (χ4v) is 2.50. The quantitative estimate of drug-likeness (QED) is 0.898. The molecule has 0 spiro atoms. The Labute approximate surface area is 121 Å². The van der Waals surface area contributed by atoms with E-state index < -0.39 is 0 Å². The number of ether oxygens (including phenoxy) is 2. The van der Waals surface area contributed by atoms with Crippen molar-refractivity contribution in [1.82, 2.24) is 4.90 Å². The van der Waals surface area contributed by atoms with Crippen LogP contribution in [0.1, 0.15) is 37.4 Å². The second kappa shape index (κ2) is 7.62. The van der Waals surface area contributed by atoms with Crippen LogP contribution in [-0.4, -0.2) is 37.8 Å². The van der Waals surface area contributed by atoms with E-state index in [-0.39, 0.29) is 6.04 Å². The zero-order chi connectivity index (χ0) is 14.4.